The summed E-state index contributed by atoms with van der Waals surface area (Å²) in [6.45, 7) is 1.39. The Morgan fingerprint density at radius 2 is 1.76 bits per heavy atom. The number of nitrogens with zero attached hydrogens (tertiary/aromatic N) is 1. The summed E-state index contributed by atoms with van der Waals surface area (Å²) in [7, 11) is 0. The molecular formula is C19H15F2N3O4S. The second-order valence-corrected chi connectivity index (χ2v) is 6.55. The zero-order chi connectivity index (χ0) is 21.0. The number of nitrogens with two attached hydrogens (primary N) is 1. The van der Waals surface area contributed by atoms with Gasteiger partial charge in [-0.25, -0.2) is 13.6 Å². The molecule has 2 aromatic carbocycles. The first-order valence-electron chi connectivity index (χ1n) is 8.30. The predicted molar refractivity (Wildman–Crippen MR) is 102 cm³/mol. The molecule has 0 aliphatic carbocycles. The maximum Gasteiger partial charge on any atom is 0.417 e. The van der Waals surface area contributed by atoms with Crippen LogP contribution in [0.1, 0.15) is 28.9 Å². The van der Waals surface area contributed by atoms with Gasteiger partial charge in [0.2, 0.25) is 5.88 Å². The number of para-hydroxylation sites is 1. The van der Waals surface area contributed by atoms with E-state index in [1.807, 2.05) is 0 Å². The lowest BCUT2D eigenvalue weighted by molar-refractivity contribution is 0.0994. The number of hydrogen-bond acceptors (Lipinski definition) is 6. The highest BCUT2D eigenvalue weighted by Gasteiger charge is 2.26. The molecule has 0 radical (unpaired) electrons. The van der Waals surface area contributed by atoms with Crippen LogP contribution < -0.4 is 20.5 Å². The van der Waals surface area contributed by atoms with E-state index in [4.69, 9.17) is 15.2 Å². The van der Waals surface area contributed by atoms with Gasteiger partial charge >= 0.3 is 6.09 Å². The Morgan fingerprint density at radius 1 is 1.10 bits per heavy atom. The lowest BCUT2D eigenvalue weighted by Gasteiger charge is -2.15. The number of hydrogen-bond donors (Lipinski definition) is 2. The molecule has 0 saturated carbocycles. The van der Waals surface area contributed by atoms with E-state index in [1.165, 1.54) is 13.0 Å². The number of anilines is 1. The first-order valence-corrected chi connectivity index (χ1v) is 9.08. The number of nitrogens with one attached hydrogen (secondary N) is 1. The molecule has 150 valence electrons. The standard InChI is InChI=1S/C19H15F2N3O4S/c1-10(14-12(20)8-5-9-13(14)21)27-17-15(16(22)25)18(29-24-17)23-19(26)28-11-6-3-2-4-7-11/h2-10H,1H3,(H2,22,25)(H,23,26). The Kier molecular flexibility index (Phi) is 6.03. The first kappa shape index (κ1) is 20.2. The molecule has 0 fully saturated rings. The van der Waals surface area contributed by atoms with E-state index in [2.05, 4.69) is 9.69 Å². The monoisotopic (exact) mass is 419 g/mol. The number of halogens is 2. The molecule has 0 spiro atoms. The number of ether oxygens (including phenoxy) is 2. The molecule has 1 heterocycles. The maximum atomic E-state index is 13.9. The summed E-state index contributed by atoms with van der Waals surface area (Å²) in [4.78, 5) is 23.9. The van der Waals surface area contributed by atoms with Crippen molar-refractivity contribution in [3.63, 3.8) is 0 Å². The Balaban J connectivity index is 1.80. The van der Waals surface area contributed by atoms with Gasteiger partial charge in [-0.2, -0.15) is 4.37 Å². The van der Waals surface area contributed by atoms with Crippen LogP contribution in [-0.4, -0.2) is 16.4 Å². The molecule has 10 heteroatoms. The van der Waals surface area contributed by atoms with E-state index in [9.17, 15) is 18.4 Å². The van der Waals surface area contributed by atoms with Crippen LogP contribution >= 0.6 is 11.5 Å². The van der Waals surface area contributed by atoms with Gasteiger partial charge in [-0.15, -0.1) is 0 Å². The van der Waals surface area contributed by atoms with Crippen molar-refractivity contribution in [2.24, 2.45) is 5.73 Å². The number of rotatable bonds is 6. The Morgan fingerprint density at radius 3 is 2.38 bits per heavy atom. The SMILES string of the molecule is CC(Oc1nsc(NC(=O)Oc2ccccc2)c1C(N)=O)c1c(F)cccc1F. The van der Waals surface area contributed by atoms with Gasteiger partial charge in [0.05, 0.1) is 5.56 Å². The number of benzene rings is 2. The summed E-state index contributed by atoms with van der Waals surface area (Å²) in [6, 6.07) is 11.6. The quantitative estimate of drug-likeness (QED) is 0.621. The minimum Gasteiger partial charge on any atom is -0.468 e. The van der Waals surface area contributed by atoms with Gasteiger partial charge in [0.15, 0.2) is 0 Å². The Bertz CT molecular complexity index is 1020. The summed E-state index contributed by atoms with van der Waals surface area (Å²) in [5.41, 5.74) is 4.81. The van der Waals surface area contributed by atoms with E-state index in [-0.39, 0.29) is 27.8 Å². The molecule has 0 aliphatic heterocycles. The van der Waals surface area contributed by atoms with Crippen LogP contribution in [0.15, 0.2) is 48.5 Å². The summed E-state index contributed by atoms with van der Waals surface area (Å²) in [5.74, 6) is -2.52. The highest BCUT2D eigenvalue weighted by Crippen LogP contribution is 2.34. The molecular weight excluding hydrogens is 404 g/mol. The fourth-order valence-corrected chi connectivity index (χ4v) is 3.21. The van der Waals surface area contributed by atoms with Crippen LogP contribution in [-0.2, 0) is 0 Å². The highest BCUT2D eigenvalue weighted by atomic mass is 32.1. The molecule has 0 bridgehead atoms. The Hall–Kier alpha value is -3.53. The molecule has 1 unspecified atom stereocenters. The molecule has 7 nitrogen and oxygen atoms in total. The number of primary amides is 1. The van der Waals surface area contributed by atoms with Crippen molar-refractivity contribution in [3.05, 3.63) is 71.3 Å². The topological polar surface area (TPSA) is 104 Å². The van der Waals surface area contributed by atoms with Crippen LogP contribution in [0, 0.1) is 11.6 Å². The summed E-state index contributed by atoms with van der Waals surface area (Å²) >= 11 is 0.714. The highest BCUT2D eigenvalue weighted by molar-refractivity contribution is 7.11. The van der Waals surface area contributed by atoms with Gasteiger partial charge in [-0.1, -0.05) is 24.3 Å². The van der Waals surface area contributed by atoms with E-state index < -0.39 is 29.7 Å². The Labute approximate surface area is 168 Å². The van der Waals surface area contributed by atoms with Crippen molar-refractivity contribution in [1.29, 1.82) is 0 Å². The average Bonchev–Trinajstić information content (AvgIpc) is 3.04. The number of amides is 2. The molecule has 1 atom stereocenters. The smallest absolute Gasteiger partial charge is 0.417 e. The first-order chi connectivity index (χ1) is 13.9. The van der Waals surface area contributed by atoms with Crippen molar-refractivity contribution >= 4 is 28.5 Å². The molecule has 2 amide bonds. The molecule has 0 saturated heterocycles. The van der Waals surface area contributed by atoms with Gasteiger partial charge in [0, 0.05) is 0 Å². The van der Waals surface area contributed by atoms with Crippen molar-refractivity contribution in [2.75, 3.05) is 5.32 Å². The maximum absolute atomic E-state index is 13.9. The van der Waals surface area contributed by atoms with Crippen LogP contribution in [0.25, 0.3) is 0 Å². The lowest BCUT2D eigenvalue weighted by atomic mass is 10.1. The number of carbonyl (C=O) groups is 2. The second-order valence-electron chi connectivity index (χ2n) is 5.78. The average molecular weight is 419 g/mol. The van der Waals surface area contributed by atoms with E-state index in [0.717, 1.165) is 12.1 Å². The lowest BCUT2D eigenvalue weighted by Crippen LogP contribution is -2.20. The summed E-state index contributed by atoms with van der Waals surface area (Å²) in [6.07, 6.45) is -1.98. The van der Waals surface area contributed by atoms with Gasteiger partial charge in [-0.05, 0) is 42.7 Å². The molecule has 29 heavy (non-hydrogen) atoms. The fraction of sp³-hybridized carbons (Fsp3) is 0.105. The van der Waals surface area contributed by atoms with Gasteiger partial charge < -0.3 is 15.2 Å². The zero-order valence-corrected chi connectivity index (χ0v) is 15.8. The zero-order valence-electron chi connectivity index (χ0n) is 15.0. The minimum absolute atomic E-state index is 0.0189. The fourth-order valence-electron chi connectivity index (χ4n) is 2.50. The van der Waals surface area contributed by atoms with E-state index in [1.54, 1.807) is 30.3 Å². The third-order valence-corrected chi connectivity index (χ3v) is 4.52. The van der Waals surface area contributed by atoms with Crippen LogP contribution in [0.3, 0.4) is 0 Å². The van der Waals surface area contributed by atoms with Gasteiger partial charge in [0.25, 0.3) is 5.91 Å². The molecule has 3 rings (SSSR count). The number of carbonyl (C=O) groups excluding carboxylic acids is 2. The third-order valence-electron chi connectivity index (χ3n) is 3.77. The van der Waals surface area contributed by atoms with Crippen molar-refractivity contribution in [2.45, 2.75) is 13.0 Å². The number of aromatic nitrogens is 1. The van der Waals surface area contributed by atoms with Gasteiger partial charge in [0.1, 0.15) is 34.1 Å². The van der Waals surface area contributed by atoms with Crippen molar-refractivity contribution in [3.8, 4) is 11.6 Å². The molecule has 3 aromatic rings. The van der Waals surface area contributed by atoms with Crippen LogP contribution in [0.2, 0.25) is 0 Å². The van der Waals surface area contributed by atoms with Crippen molar-refractivity contribution < 1.29 is 27.8 Å². The normalized spacial score (nSPS) is 11.6. The van der Waals surface area contributed by atoms with Crippen molar-refractivity contribution in [1.82, 2.24) is 4.37 Å². The summed E-state index contributed by atoms with van der Waals surface area (Å²) in [5, 5.41) is 2.34. The summed E-state index contributed by atoms with van der Waals surface area (Å²) < 4.78 is 42.4. The van der Waals surface area contributed by atoms with Gasteiger partial charge in [-0.3, -0.25) is 10.1 Å². The van der Waals surface area contributed by atoms with E-state index >= 15 is 0 Å². The minimum atomic E-state index is -1.11. The molecule has 3 N–H and O–H groups in total. The second kappa shape index (κ2) is 8.65. The van der Waals surface area contributed by atoms with Crippen LogP contribution in [0.5, 0.6) is 11.6 Å². The molecule has 0 aliphatic rings. The van der Waals surface area contributed by atoms with Crippen LogP contribution in [0.4, 0.5) is 18.6 Å². The third kappa shape index (κ3) is 4.66. The predicted octanol–water partition coefficient (Wildman–Crippen LogP) is 4.27. The molecule has 1 aromatic heterocycles. The van der Waals surface area contributed by atoms with E-state index in [0.29, 0.717) is 11.5 Å². The largest absolute Gasteiger partial charge is 0.468 e.